The molecule has 1 saturated carbocycles. The average Bonchev–Trinajstić information content (AvgIpc) is 2.50. The van der Waals surface area contributed by atoms with Crippen molar-refractivity contribution in [2.45, 2.75) is 72.4 Å². The van der Waals surface area contributed by atoms with E-state index in [1.807, 2.05) is 0 Å². The van der Waals surface area contributed by atoms with E-state index in [4.69, 9.17) is 0 Å². The van der Waals surface area contributed by atoms with E-state index in [1.165, 1.54) is 45.3 Å². The fourth-order valence-corrected chi connectivity index (χ4v) is 3.80. The summed E-state index contributed by atoms with van der Waals surface area (Å²) in [5, 5.41) is 3.76. The quantitative estimate of drug-likeness (QED) is 0.770. The monoisotopic (exact) mass is 252 g/mol. The SMILES string of the molecule is CC(C)(C)C1CN(C2CCCC2(C)C)CCCN1. The molecule has 0 aromatic heterocycles. The first-order valence-electron chi connectivity index (χ1n) is 7.78. The van der Waals surface area contributed by atoms with E-state index >= 15 is 0 Å². The largest absolute Gasteiger partial charge is 0.312 e. The number of hydrogen-bond donors (Lipinski definition) is 1. The third kappa shape index (κ3) is 3.08. The van der Waals surface area contributed by atoms with E-state index in [1.54, 1.807) is 0 Å². The van der Waals surface area contributed by atoms with Gasteiger partial charge in [0, 0.05) is 18.6 Å². The highest BCUT2D eigenvalue weighted by atomic mass is 15.2. The maximum atomic E-state index is 3.76. The van der Waals surface area contributed by atoms with Crippen molar-refractivity contribution in [1.82, 2.24) is 10.2 Å². The second-order valence-corrected chi connectivity index (χ2v) is 8.12. The van der Waals surface area contributed by atoms with Crippen molar-refractivity contribution in [1.29, 1.82) is 0 Å². The van der Waals surface area contributed by atoms with Gasteiger partial charge in [0.25, 0.3) is 0 Å². The molecule has 18 heavy (non-hydrogen) atoms. The number of nitrogens with zero attached hydrogens (tertiary/aromatic N) is 1. The molecule has 1 aliphatic carbocycles. The van der Waals surface area contributed by atoms with E-state index in [-0.39, 0.29) is 0 Å². The van der Waals surface area contributed by atoms with E-state index in [2.05, 4.69) is 44.8 Å². The molecule has 0 radical (unpaired) electrons. The zero-order valence-electron chi connectivity index (χ0n) is 13.1. The molecule has 2 aliphatic rings. The van der Waals surface area contributed by atoms with Gasteiger partial charge < -0.3 is 5.32 Å². The fraction of sp³-hybridized carbons (Fsp3) is 1.00. The van der Waals surface area contributed by atoms with Crippen LogP contribution in [0.15, 0.2) is 0 Å². The van der Waals surface area contributed by atoms with Crippen molar-refractivity contribution in [3.63, 3.8) is 0 Å². The Morgan fingerprint density at radius 3 is 2.44 bits per heavy atom. The Balaban J connectivity index is 2.08. The summed E-state index contributed by atoms with van der Waals surface area (Å²) in [7, 11) is 0. The normalized spacial score (nSPS) is 34.5. The highest BCUT2D eigenvalue weighted by Crippen LogP contribution is 2.41. The third-order valence-corrected chi connectivity index (χ3v) is 5.12. The van der Waals surface area contributed by atoms with Gasteiger partial charge in [-0.25, -0.2) is 0 Å². The molecule has 2 nitrogen and oxygen atoms in total. The van der Waals surface area contributed by atoms with Crippen LogP contribution in [0.5, 0.6) is 0 Å². The first kappa shape index (κ1) is 14.3. The van der Waals surface area contributed by atoms with Crippen LogP contribution in [-0.2, 0) is 0 Å². The van der Waals surface area contributed by atoms with E-state index in [9.17, 15) is 0 Å². The molecule has 2 atom stereocenters. The molecule has 2 rings (SSSR count). The van der Waals surface area contributed by atoms with Gasteiger partial charge >= 0.3 is 0 Å². The first-order chi connectivity index (χ1) is 8.31. The minimum Gasteiger partial charge on any atom is -0.312 e. The van der Waals surface area contributed by atoms with Gasteiger partial charge in [-0.15, -0.1) is 0 Å². The van der Waals surface area contributed by atoms with Crippen LogP contribution in [0.2, 0.25) is 0 Å². The van der Waals surface area contributed by atoms with Crippen molar-refractivity contribution in [3.8, 4) is 0 Å². The summed E-state index contributed by atoms with van der Waals surface area (Å²) in [6.45, 7) is 15.7. The van der Waals surface area contributed by atoms with Crippen molar-refractivity contribution >= 4 is 0 Å². The molecular formula is C16H32N2. The van der Waals surface area contributed by atoms with Crippen LogP contribution in [0.4, 0.5) is 0 Å². The maximum Gasteiger partial charge on any atom is 0.0243 e. The molecule has 0 aromatic carbocycles. The van der Waals surface area contributed by atoms with E-state index in [0.29, 0.717) is 16.9 Å². The molecule has 0 spiro atoms. The Hall–Kier alpha value is -0.0800. The molecule has 1 aliphatic heterocycles. The summed E-state index contributed by atoms with van der Waals surface area (Å²) in [4.78, 5) is 2.79. The Kier molecular flexibility index (Phi) is 4.08. The molecule has 0 aromatic rings. The van der Waals surface area contributed by atoms with Crippen LogP contribution >= 0.6 is 0 Å². The summed E-state index contributed by atoms with van der Waals surface area (Å²) in [6, 6.07) is 1.44. The lowest BCUT2D eigenvalue weighted by atomic mass is 9.83. The van der Waals surface area contributed by atoms with Crippen molar-refractivity contribution in [2.24, 2.45) is 10.8 Å². The molecule has 2 unspecified atom stereocenters. The Labute approximate surface area is 114 Å². The van der Waals surface area contributed by atoms with E-state index in [0.717, 1.165) is 6.04 Å². The lowest BCUT2D eigenvalue weighted by Gasteiger charge is -2.40. The Morgan fingerprint density at radius 2 is 1.89 bits per heavy atom. The zero-order valence-corrected chi connectivity index (χ0v) is 13.1. The molecule has 0 bridgehead atoms. The van der Waals surface area contributed by atoms with Gasteiger partial charge in [0.2, 0.25) is 0 Å². The molecule has 106 valence electrons. The standard InChI is InChI=1S/C16H32N2/c1-15(2,3)13-12-18(11-7-10-17-13)14-8-6-9-16(14,4)5/h13-14,17H,6-12H2,1-5H3. The summed E-state index contributed by atoms with van der Waals surface area (Å²) in [5.41, 5.74) is 0.887. The summed E-state index contributed by atoms with van der Waals surface area (Å²) < 4.78 is 0. The summed E-state index contributed by atoms with van der Waals surface area (Å²) >= 11 is 0. The minimum absolute atomic E-state index is 0.366. The minimum atomic E-state index is 0.366. The van der Waals surface area contributed by atoms with Gasteiger partial charge in [-0.2, -0.15) is 0 Å². The Bertz CT molecular complexity index is 277. The lowest BCUT2D eigenvalue weighted by Crippen LogP contribution is -2.50. The first-order valence-corrected chi connectivity index (χ1v) is 7.78. The predicted molar refractivity (Wildman–Crippen MR) is 78.9 cm³/mol. The number of nitrogens with one attached hydrogen (secondary N) is 1. The van der Waals surface area contributed by atoms with Crippen molar-refractivity contribution in [3.05, 3.63) is 0 Å². The van der Waals surface area contributed by atoms with Crippen LogP contribution in [0.25, 0.3) is 0 Å². The average molecular weight is 252 g/mol. The van der Waals surface area contributed by atoms with Crippen LogP contribution in [0, 0.1) is 10.8 Å². The highest BCUT2D eigenvalue weighted by Gasteiger charge is 2.40. The van der Waals surface area contributed by atoms with Gasteiger partial charge in [0.05, 0.1) is 0 Å². The molecule has 2 fully saturated rings. The predicted octanol–water partition coefficient (Wildman–Crippen LogP) is 3.28. The van der Waals surface area contributed by atoms with Crippen molar-refractivity contribution < 1.29 is 0 Å². The van der Waals surface area contributed by atoms with Gasteiger partial charge in [-0.3, -0.25) is 4.90 Å². The molecule has 1 saturated heterocycles. The van der Waals surface area contributed by atoms with Crippen LogP contribution < -0.4 is 5.32 Å². The zero-order chi connectivity index (χ0) is 13.4. The van der Waals surface area contributed by atoms with Crippen LogP contribution in [-0.4, -0.2) is 36.6 Å². The fourth-order valence-electron chi connectivity index (χ4n) is 3.80. The van der Waals surface area contributed by atoms with Gasteiger partial charge in [0.15, 0.2) is 0 Å². The topological polar surface area (TPSA) is 15.3 Å². The number of hydrogen-bond acceptors (Lipinski definition) is 2. The third-order valence-electron chi connectivity index (χ3n) is 5.12. The van der Waals surface area contributed by atoms with E-state index < -0.39 is 0 Å². The smallest absolute Gasteiger partial charge is 0.0243 e. The molecular weight excluding hydrogens is 220 g/mol. The second-order valence-electron chi connectivity index (χ2n) is 8.12. The molecule has 2 heteroatoms. The maximum absolute atomic E-state index is 3.76. The van der Waals surface area contributed by atoms with Gasteiger partial charge in [-0.05, 0) is 43.2 Å². The second kappa shape index (κ2) is 5.13. The highest BCUT2D eigenvalue weighted by molar-refractivity contribution is 4.95. The molecule has 1 heterocycles. The van der Waals surface area contributed by atoms with Gasteiger partial charge in [0.1, 0.15) is 0 Å². The van der Waals surface area contributed by atoms with Gasteiger partial charge in [-0.1, -0.05) is 41.0 Å². The molecule has 0 amide bonds. The lowest BCUT2D eigenvalue weighted by molar-refractivity contribution is 0.0936. The summed E-state index contributed by atoms with van der Waals surface area (Å²) in [5.74, 6) is 0. The van der Waals surface area contributed by atoms with Crippen molar-refractivity contribution in [2.75, 3.05) is 19.6 Å². The number of rotatable bonds is 1. The molecule has 1 N–H and O–H groups in total. The van der Waals surface area contributed by atoms with Crippen LogP contribution in [0.3, 0.4) is 0 Å². The van der Waals surface area contributed by atoms with Crippen LogP contribution in [0.1, 0.15) is 60.3 Å². The Morgan fingerprint density at radius 1 is 1.17 bits per heavy atom. The summed E-state index contributed by atoms with van der Waals surface area (Å²) in [6.07, 6.45) is 5.53.